The number of hydrogen-bond acceptors (Lipinski definition) is 3. The number of fused-ring (bicyclic) bond motifs is 1. The molecule has 17 heavy (non-hydrogen) atoms. The van der Waals surface area contributed by atoms with Gasteiger partial charge >= 0.3 is 0 Å². The van der Waals surface area contributed by atoms with Gasteiger partial charge in [-0.2, -0.15) is 5.10 Å². The summed E-state index contributed by atoms with van der Waals surface area (Å²) < 4.78 is 2.10. The van der Waals surface area contributed by atoms with Crippen molar-refractivity contribution in [3.05, 3.63) is 24.4 Å². The number of aromatic nitrogens is 2. The molecule has 90 valence electrons. The van der Waals surface area contributed by atoms with Crippen molar-refractivity contribution in [2.45, 2.75) is 19.4 Å². The van der Waals surface area contributed by atoms with Crippen LogP contribution in [0.1, 0.15) is 12.8 Å². The van der Waals surface area contributed by atoms with E-state index in [1.54, 1.807) is 0 Å². The van der Waals surface area contributed by atoms with E-state index in [2.05, 4.69) is 21.2 Å². The largest absolute Gasteiger partial charge is 0.398 e. The van der Waals surface area contributed by atoms with Gasteiger partial charge in [0.15, 0.2) is 0 Å². The molecule has 1 aliphatic heterocycles. The maximum Gasteiger partial charge on any atom is 0.0703 e. The fourth-order valence-corrected chi connectivity index (χ4v) is 2.58. The molecular formula is C13H18N4. The summed E-state index contributed by atoms with van der Waals surface area (Å²) in [5.74, 6) is 0.737. The van der Waals surface area contributed by atoms with Crippen LogP contribution in [0, 0.1) is 5.92 Å². The number of nitrogens with one attached hydrogen (secondary N) is 1. The lowest BCUT2D eigenvalue weighted by molar-refractivity contribution is 0.325. The van der Waals surface area contributed by atoms with Gasteiger partial charge in [-0.05, 0) is 44.0 Å². The number of anilines is 1. The topological polar surface area (TPSA) is 55.9 Å². The van der Waals surface area contributed by atoms with E-state index in [1.807, 2.05) is 18.3 Å². The van der Waals surface area contributed by atoms with E-state index >= 15 is 0 Å². The van der Waals surface area contributed by atoms with E-state index in [9.17, 15) is 0 Å². The Morgan fingerprint density at radius 1 is 1.35 bits per heavy atom. The first kappa shape index (κ1) is 10.6. The number of benzene rings is 1. The average Bonchev–Trinajstić information content (AvgIpc) is 2.76. The third-order valence-electron chi connectivity index (χ3n) is 3.61. The van der Waals surface area contributed by atoms with Crippen molar-refractivity contribution in [3.63, 3.8) is 0 Å². The summed E-state index contributed by atoms with van der Waals surface area (Å²) >= 11 is 0. The average molecular weight is 230 g/mol. The van der Waals surface area contributed by atoms with Crippen molar-refractivity contribution in [1.29, 1.82) is 0 Å². The Morgan fingerprint density at radius 3 is 3.00 bits per heavy atom. The highest BCUT2D eigenvalue weighted by Crippen LogP contribution is 2.22. The molecule has 3 N–H and O–H groups in total. The number of nitrogens with two attached hydrogens (primary N) is 1. The fraction of sp³-hybridized carbons (Fsp3) is 0.462. The van der Waals surface area contributed by atoms with E-state index in [4.69, 9.17) is 5.73 Å². The fourth-order valence-electron chi connectivity index (χ4n) is 2.58. The first-order valence-corrected chi connectivity index (χ1v) is 6.25. The summed E-state index contributed by atoms with van der Waals surface area (Å²) in [5, 5.41) is 8.93. The molecule has 0 bridgehead atoms. The SMILES string of the molecule is Nc1cccc2c1cnn2CC1CCNCC1. The predicted octanol–water partition coefficient (Wildman–Crippen LogP) is 1.62. The zero-order valence-electron chi connectivity index (χ0n) is 9.89. The van der Waals surface area contributed by atoms with Gasteiger partial charge in [-0.1, -0.05) is 6.07 Å². The number of nitrogen functional groups attached to an aromatic ring is 1. The summed E-state index contributed by atoms with van der Waals surface area (Å²) in [6, 6.07) is 6.02. The van der Waals surface area contributed by atoms with Gasteiger partial charge < -0.3 is 11.1 Å². The summed E-state index contributed by atoms with van der Waals surface area (Å²) in [6.07, 6.45) is 4.36. The van der Waals surface area contributed by atoms with E-state index in [1.165, 1.54) is 12.8 Å². The van der Waals surface area contributed by atoms with Crippen LogP contribution in [0.4, 0.5) is 5.69 Å². The zero-order chi connectivity index (χ0) is 11.7. The Balaban J connectivity index is 1.87. The molecule has 4 nitrogen and oxygen atoms in total. The van der Waals surface area contributed by atoms with Gasteiger partial charge in [0.1, 0.15) is 0 Å². The first-order chi connectivity index (χ1) is 8.34. The summed E-state index contributed by atoms with van der Waals surface area (Å²) in [4.78, 5) is 0. The molecule has 1 aliphatic rings. The quantitative estimate of drug-likeness (QED) is 0.771. The summed E-state index contributed by atoms with van der Waals surface area (Å²) in [5.41, 5.74) is 7.91. The van der Waals surface area contributed by atoms with Gasteiger partial charge in [-0.3, -0.25) is 4.68 Å². The van der Waals surface area contributed by atoms with Gasteiger partial charge in [0.25, 0.3) is 0 Å². The highest BCUT2D eigenvalue weighted by Gasteiger charge is 2.15. The minimum atomic E-state index is 0.737. The van der Waals surface area contributed by atoms with E-state index in [-0.39, 0.29) is 0 Å². The lowest BCUT2D eigenvalue weighted by Gasteiger charge is -2.22. The van der Waals surface area contributed by atoms with Crippen molar-refractivity contribution in [1.82, 2.24) is 15.1 Å². The van der Waals surface area contributed by atoms with Crippen LogP contribution in [-0.2, 0) is 6.54 Å². The Morgan fingerprint density at radius 2 is 2.18 bits per heavy atom. The second kappa shape index (κ2) is 4.37. The molecule has 4 heteroatoms. The standard InChI is InChI=1S/C13H18N4/c14-12-2-1-3-13-11(12)8-16-17(13)9-10-4-6-15-7-5-10/h1-3,8,10,15H,4-7,9,14H2. The van der Waals surface area contributed by atoms with E-state index < -0.39 is 0 Å². The van der Waals surface area contributed by atoms with Gasteiger partial charge in [0.05, 0.1) is 11.7 Å². The molecule has 0 amide bonds. The van der Waals surface area contributed by atoms with Gasteiger partial charge in [0, 0.05) is 17.6 Å². The molecule has 0 spiro atoms. The van der Waals surface area contributed by atoms with Crippen LogP contribution in [0.15, 0.2) is 24.4 Å². The lowest BCUT2D eigenvalue weighted by Crippen LogP contribution is -2.30. The van der Waals surface area contributed by atoms with Crippen LogP contribution < -0.4 is 11.1 Å². The van der Waals surface area contributed by atoms with Gasteiger partial charge in [-0.15, -0.1) is 0 Å². The van der Waals surface area contributed by atoms with Crippen LogP contribution in [0.5, 0.6) is 0 Å². The normalized spacial score (nSPS) is 17.6. The van der Waals surface area contributed by atoms with Crippen molar-refractivity contribution in [2.75, 3.05) is 18.8 Å². The smallest absolute Gasteiger partial charge is 0.0703 e. The minimum absolute atomic E-state index is 0.737. The maximum absolute atomic E-state index is 5.94. The Labute approximate surface area is 101 Å². The molecule has 0 unspecified atom stereocenters. The third kappa shape index (κ3) is 2.00. The van der Waals surface area contributed by atoms with Crippen LogP contribution in [-0.4, -0.2) is 22.9 Å². The number of rotatable bonds is 2. The number of hydrogen-bond donors (Lipinski definition) is 2. The van der Waals surface area contributed by atoms with E-state index in [0.717, 1.165) is 42.1 Å². The molecular weight excluding hydrogens is 212 g/mol. The summed E-state index contributed by atoms with van der Waals surface area (Å²) in [7, 11) is 0. The van der Waals surface area contributed by atoms with Crippen LogP contribution in [0.3, 0.4) is 0 Å². The summed E-state index contributed by atoms with van der Waals surface area (Å²) in [6.45, 7) is 3.27. The van der Waals surface area contributed by atoms with Crippen molar-refractivity contribution < 1.29 is 0 Å². The molecule has 2 aromatic rings. The second-order valence-corrected chi connectivity index (χ2v) is 4.80. The Bertz CT molecular complexity index is 511. The highest BCUT2D eigenvalue weighted by atomic mass is 15.3. The molecule has 1 fully saturated rings. The minimum Gasteiger partial charge on any atom is -0.398 e. The monoisotopic (exact) mass is 230 g/mol. The lowest BCUT2D eigenvalue weighted by atomic mass is 9.98. The number of nitrogens with zero attached hydrogens (tertiary/aromatic N) is 2. The molecule has 0 atom stereocenters. The highest BCUT2D eigenvalue weighted by molar-refractivity contribution is 5.90. The van der Waals surface area contributed by atoms with Crippen molar-refractivity contribution in [2.24, 2.45) is 5.92 Å². The molecule has 1 aromatic carbocycles. The van der Waals surface area contributed by atoms with Gasteiger partial charge in [-0.25, -0.2) is 0 Å². The number of piperidine rings is 1. The third-order valence-corrected chi connectivity index (χ3v) is 3.61. The molecule has 1 aromatic heterocycles. The van der Waals surface area contributed by atoms with Crippen LogP contribution in [0.25, 0.3) is 10.9 Å². The molecule has 1 saturated heterocycles. The molecule has 0 saturated carbocycles. The Hall–Kier alpha value is -1.55. The van der Waals surface area contributed by atoms with Crippen LogP contribution >= 0.6 is 0 Å². The maximum atomic E-state index is 5.94. The van der Waals surface area contributed by atoms with Crippen molar-refractivity contribution >= 4 is 16.6 Å². The second-order valence-electron chi connectivity index (χ2n) is 4.80. The van der Waals surface area contributed by atoms with Gasteiger partial charge in [0.2, 0.25) is 0 Å². The molecule has 3 rings (SSSR count). The molecule has 0 radical (unpaired) electrons. The zero-order valence-corrected chi connectivity index (χ0v) is 9.89. The molecule has 2 heterocycles. The predicted molar refractivity (Wildman–Crippen MR) is 69.7 cm³/mol. The first-order valence-electron chi connectivity index (χ1n) is 6.25. The van der Waals surface area contributed by atoms with E-state index in [0.29, 0.717) is 0 Å². The molecule has 0 aliphatic carbocycles. The van der Waals surface area contributed by atoms with Crippen molar-refractivity contribution in [3.8, 4) is 0 Å². The van der Waals surface area contributed by atoms with Crippen LogP contribution in [0.2, 0.25) is 0 Å². The Kier molecular flexibility index (Phi) is 2.73.